The van der Waals surface area contributed by atoms with E-state index in [-0.39, 0.29) is 5.25 Å². The Morgan fingerprint density at radius 3 is 3.00 bits per heavy atom. The number of thioether (sulfide) groups is 1. The molecule has 0 aromatic rings. The van der Waals surface area contributed by atoms with E-state index in [2.05, 4.69) is 6.07 Å². The Morgan fingerprint density at radius 1 is 2.00 bits per heavy atom. The zero-order valence-corrected chi connectivity index (χ0v) is 5.67. The number of nitriles is 1. The van der Waals surface area contributed by atoms with Gasteiger partial charge in [0.25, 0.3) is 0 Å². The van der Waals surface area contributed by atoms with Gasteiger partial charge >= 0.3 is 0 Å². The Bertz CT molecular complexity index is 158. The smallest absolute Gasteiger partial charge is 0.101 e. The van der Waals surface area contributed by atoms with Crippen molar-refractivity contribution < 1.29 is 0 Å². The Kier molecular flexibility index (Phi) is 1.82. The average Bonchev–Trinajstić information content (AvgIpc) is 2.14. The SMILES string of the molecule is N#CC1CC=C(Cl)S1. The first-order valence-electron chi connectivity index (χ1n) is 2.25. The summed E-state index contributed by atoms with van der Waals surface area (Å²) in [6.45, 7) is 0. The van der Waals surface area contributed by atoms with Crippen molar-refractivity contribution in [3.05, 3.63) is 10.4 Å². The van der Waals surface area contributed by atoms with Crippen LogP contribution in [0.25, 0.3) is 0 Å². The van der Waals surface area contributed by atoms with Crippen LogP contribution >= 0.6 is 23.4 Å². The molecule has 0 aromatic carbocycles. The minimum absolute atomic E-state index is 0.0718. The van der Waals surface area contributed by atoms with Gasteiger partial charge in [0.2, 0.25) is 0 Å². The molecule has 42 valence electrons. The second-order valence-corrected chi connectivity index (χ2v) is 3.36. The first-order valence-corrected chi connectivity index (χ1v) is 3.50. The van der Waals surface area contributed by atoms with Gasteiger partial charge in [-0.3, -0.25) is 0 Å². The lowest BCUT2D eigenvalue weighted by Crippen LogP contribution is -1.87. The number of rotatable bonds is 0. The maximum Gasteiger partial charge on any atom is 0.101 e. The molecule has 1 atom stereocenters. The molecule has 1 rings (SSSR count). The largest absolute Gasteiger partial charge is 0.197 e. The maximum atomic E-state index is 8.32. The van der Waals surface area contributed by atoms with Crippen LogP contribution in [0.5, 0.6) is 0 Å². The van der Waals surface area contributed by atoms with Gasteiger partial charge in [-0.05, 0) is 6.42 Å². The number of allylic oxidation sites excluding steroid dienone is 1. The topological polar surface area (TPSA) is 23.8 Å². The van der Waals surface area contributed by atoms with Crippen molar-refractivity contribution in [2.45, 2.75) is 11.7 Å². The summed E-state index contributed by atoms with van der Waals surface area (Å²) in [5, 5.41) is 8.39. The van der Waals surface area contributed by atoms with Crippen LogP contribution in [0.4, 0.5) is 0 Å². The molecule has 1 unspecified atom stereocenters. The zero-order valence-electron chi connectivity index (χ0n) is 4.10. The Labute approximate surface area is 57.3 Å². The summed E-state index contributed by atoms with van der Waals surface area (Å²) in [6.07, 6.45) is 2.68. The molecule has 3 heteroatoms. The normalized spacial score (nSPS) is 27.0. The highest BCUT2D eigenvalue weighted by Crippen LogP contribution is 2.33. The summed E-state index contributed by atoms with van der Waals surface area (Å²) in [7, 11) is 0. The van der Waals surface area contributed by atoms with Gasteiger partial charge < -0.3 is 0 Å². The summed E-state index contributed by atoms with van der Waals surface area (Å²) >= 11 is 6.99. The Hall–Kier alpha value is -0.130. The molecule has 0 bridgehead atoms. The first-order chi connectivity index (χ1) is 3.83. The van der Waals surface area contributed by atoms with Crippen molar-refractivity contribution in [3.63, 3.8) is 0 Å². The molecule has 0 saturated heterocycles. The third-order valence-corrected chi connectivity index (χ3v) is 2.29. The van der Waals surface area contributed by atoms with E-state index in [0.717, 1.165) is 10.8 Å². The second-order valence-electron chi connectivity index (χ2n) is 1.48. The second kappa shape index (κ2) is 2.43. The van der Waals surface area contributed by atoms with E-state index in [1.807, 2.05) is 6.08 Å². The van der Waals surface area contributed by atoms with E-state index in [1.54, 1.807) is 0 Å². The van der Waals surface area contributed by atoms with E-state index >= 15 is 0 Å². The quantitative estimate of drug-likeness (QED) is 0.521. The van der Waals surface area contributed by atoms with Crippen molar-refractivity contribution in [2.24, 2.45) is 0 Å². The van der Waals surface area contributed by atoms with Gasteiger partial charge in [-0.1, -0.05) is 29.4 Å². The number of hydrogen-bond donors (Lipinski definition) is 0. The molecule has 0 aliphatic carbocycles. The number of nitrogens with zero attached hydrogens (tertiary/aromatic N) is 1. The van der Waals surface area contributed by atoms with E-state index in [0.29, 0.717) is 0 Å². The number of halogens is 1. The molecule has 1 aliphatic heterocycles. The van der Waals surface area contributed by atoms with E-state index in [1.165, 1.54) is 11.8 Å². The van der Waals surface area contributed by atoms with Crippen molar-refractivity contribution in [1.82, 2.24) is 0 Å². The van der Waals surface area contributed by atoms with Crippen LogP contribution < -0.4 is 0 Å². The third-order valence-electron chi connectivity index (χ3n) is 0.891. The van der Waals surface area contributed by atoms with Gasteiger partial charge in [0.05, 0.1) is 10.4 Å². The molecular weight excluding hydrogens is 142 g/mol. The molecule has 1 nitrogen and oxygen atoms in total. The monoisotopic (exact) mass is 145 g/mol. The molecule has 0 fully saturated rings. The Morgan fingerprint density at radius 2 is 2.75 bits per heavy atom. The molecule has 0 radical (unpaired) electrons. The lowest BCUT2D eigenvalue weighted by Gasteiger charge is -1.90. The van der Waals surface area contributed by atoms with Gasteiger partial charge in [0, 0.05) is 0 Å². The number of hydrogen-bond acceptors (Lipinski definition) is 2. The maximum absolute atomic E-state index is 8.32. The fraction of sp³-hybridized carbons (Fsp3) is 0.400. The first kappa shape index (κ1) is 6.00. The van der Waals surface area contributed by atoms with Crippen LogP contribution in [-0.2, 0) is 0 Å². The van der Waals surface area contributed by atoms with Crippen LogP contribution in [-0.4, -0.2) is 5.25 Å². The highest BCUT2D eigenvalue weighted by molar-refractivity contribution is 8.05. The van der Waals surface area contributed by atoms with Crippen molar-refractivity contribution >= 4 is 23.4 Å². The molecule has 0 spiro atoms. The van der Waals surface area contributed by atoms with Crippen molar-refractivity contribution in [2.75, 3.05) is 0 Å². The van der Waals surface area contributed by atoms with Crippen LogP contribution in [0.3, 0.4) is 0 Å². The fourth-order valence-electron chi connectivity index (χ4n) is 0.511. The summed E-state index contributed by atoms with van der Waals surface area (Å²) in [5.41, 5.74) is 0. The molecule has 1 heterocycles. The molecule has 0 N–H and O–H groups in total. The Balaban J connectivity index is 2.47. The molecule has 0 amide bonds. The highest BCUT2D eigenvalue weighted by Gasteiger charge is 2.14. The summed E-state index contributed by atoms with van der Waals surface area (Å²) in [4.78, 5) is 0. The average molecular weight is 146 g/mol. The predicted molar refractivity (Wildman–Crippen MR) is 35.5 cm³/mol. The summed E-state index contributed by atoms with van der Waals surface area (Å²) < 4.78 is 0.761. The molecule has 1 aliphatic rings. The molecule has 0 saturated carbocycles. The van der Waals surface area contributed by atoms with Crippen molar-refractivity contribution in [3.8, 4) is 6.07 Å². The summed E-state index contributed by atoms with van der Waals surface area (Å²) in [6, 6.07) is 2.12. The van der Waals surface area contributed by atoms with Gasteiger partial charge in [0.1, 0.15) is 5.25 Å². The van der Waals surface area contributed by atoms with E-state index in [9.17, 15) is 0 Å². The van der Waals surface area contributed by atoms with Crippen LogP contribution in [0.15, 0.2) is 10.4 Å². The van der Waals surface area contributed by atoms with Crippen LogP contribution in [0.2, 0.25) is 0 Å². The standard InChI is InChI=1S/C5H4ClNS/c6-5-2-1-4(3-7)8-5/h2,4H,1H2. The third kappa shape index (κ3) is 1.18. The lowest BCUT2D eigenvalue weighted by atomic mass is 10.3. The van der Waals surface area contributed by atoms with Crippen molar-refractivity contribution in [1.29, 1.82) is 5.26 Å². The zero-order chi connectivity index (χ0) is 5.98. The molecule has 0 aromatic heterocycles. The van der Waals surface area contributed by atoms with Gasteiger partial charge in [-0.25, -0.2) is 0 Å². The lowest BCUT2D eigenvalue weighted by molar-refractivity contribution is 1.10. The molecular formula is C5H4ClNS. The van der Waals surface area contributed by atoms with Gasteiger partial charge in [-0.15, -0.1) is 0 Å². The minimum atomic E-state index is 0.0718. The van der Waals surface area contributed by atoms with Gasteiger partial charge in [0.15, 0.2) is 0 Å². The predicted octanol–water partition coefficient (Wildman–Crippen LogP) is 2.10. The minimum Gasteiger partial charge on any atom is -0.197 e. The fourth-order valence-corrected chi connectivity index (χ4v) is 1.63. The van der Waals surface area contributed by atoms with Crippen LogP contribution in [0, 0.1) is 11.3 Å². The summed E-state index contributed by atoms with van der Waals surface area (Å²) in [5.74, 6) is 0. The highest BCUT2D eigenvalue weighted by atomic mass is 35.5. The van der Waals surface area contributed by atoms with E-state index in [4.69, 9.17) is 16.9 Å². The van der Waals surface area contributed by atoms with Crippen LogP contribution in [0.1, 0.15) is 6.42 Å². The molecule has 8 heavy (non-hydrogen) atoms. The van der Waals surface area contributed by atoms with E-state index < -0.39 is 0 Å². The van der Waals surface area contributed by atoms with Gasteiger partial charge in [-0.2, -0.15) is 5.26 Å².